The number of rotatable bonds is 6. The van der Waals surface area contributed by atoms with Crippen molar-refractivity contribution in [2.75, 3.05) is 68.8 Å². The van der Waals surface area contributed by atoms with Gasteiger partial charge in [0, 0.05) is 75.9 Å². The topological polar surface area (TPSA) is 126 Å². The van der Waals surface area contributed by atoms with Gasteiger partial charge in [0.15, 0.2) is 0 Å². The first kappa shape index (κ1) is 38.1. The Bertz CT molecular complexity index is 2410. The molecule has 7 aliphatic rings. The van der Waals surface area contributed by atoms with Crippen molar-refractivity contribution in [1.29, 1.82) is 0 Å². The maximum Gasteiger partial charge on any atom is 0.255 e. The first-order chi connectivity index (χ1) is 29.7. The van der Waals surface area contributed by atoms with Gasteiger partial charge in [-0.2, -0.15) is 0 Å². The Morgan fingerprint density at radius 1 is 0.820 bits per heavy atom. The Labute approximate surface area is 356 Å². The van der Waals surface area contributed by atoms with Crippen LogP contribution in [0.15, 0.2) is 84.9 Å². The Balaban J connectivity index is 0.679. The summed E-state index contributed by atoms with van der Waals surface area (Å²) >= 11 is 0. The summed E-state index contributed by atoms with van der Waals surface area (Å²) in [4.78, 5) is 62.0. The van der Waals surface area contributed by atoms with Crippen LogP contribution in [0.25, 0.3) is 0 Å². The zero-order valence-corrected chi connectivity index (χ0v) is 34.4. The Morgan fingerprint density at radius 3 is 2.41 bits per heavy atom. The van der Waals surface area contributed by atoms with Crippen LogP contribution >= 0.6 is 0 Å². The number of aryl methyl sites for hydroxylation is 1. The second kappa shape index (κ2) is 14.9. The van der Waals surface area contributed by atoms with Gasteiger partial charge in [-0.25, -0.2) is 0 Å². The molecule has 4 fully saturated rings. The molecule has 61 heavy (non-hydrogen) atoms. The third kappa shape index (κ3) is 6.79. The highest BCUT2D eigenvalue weighted by Crippen LogP contribution is 2.48. The van der Waals surface area contributed by atoms with Gasteiger partial charge < -0.3 is 29.4 Å². The van der Waals surface area contributed by atoms with Crippen molar-refractivity contribution in [2.24, 2.45) is 5.41 Å². The maximum absolute atomic E-state index is 13.7. The quantitative estimate of drug-likeness (QED) is 0.258. The number of ether oxygens (including phenoxy) is 1. The highest BCUT2D eigenvalue weighted by atomic mass is 16.5. The van der Waals surface area contributed by atoms with Gasteiger partial charge in [-0.15, -0.1) is 0 Å². The molecule has 1 spiro atoms. The zero-order valence-electron chi connectivity index (χ0n) is 34.4. The molecule has 4 aromatic carbocycles. The van der Waals surface area contributed by atoms with Crippen LogP contribution in [0, 0.1) is 5.41 Å². The van der Waals surface area contributed by atoms with Gasteiger partial charge in [-0.3, -0.25) is 29.4 Å². The molecule has 11 rings (SSSR count). The van der Waals surface area contributed by atoms with E-state index < -0.39 is 11.9 Å². The van der Waals surface area contributed by atoms with Crippen molar-refractivity contribution in [3.63, 3.8) is 0 Å². The van der Waals surface area contributed by atoms with Gasteiger partial charge >= 0.3 is 0 Å². The SMILES string of the molecule is O=C1CCC(N2Cc3cc4c(cc3C2=O)OC[C@@H]2CN(C(=O)CN3CC5(CCN(c6ccc([C@@H]7c8ccc(O)cc8CC[C@@H]7c7ccccc7)cc6)CC5)C3)CCN42)C(=O)N1. The van der Waals surface area contributed by atoms with Gasteiger partial charge in [-0.05, 0) is 108 Å². The lowest BCUT2D eigenvalue weighted by Gasteiger charge is -2.54. The molecule has 6 aliphatic heterocycles. The smallest absolute Gasteiger partial charge is 0.255 e. The molecular formula is C49H52N6O6. The van der Waals surface area contributed by atoms with E-state index in [0.29, 0.717) is 68.7 Å². The summed E-state index contributed by atoms with van der Waals surface area (Å²) < 4.78 is 6.21. The number of carbonyl (C=O) groups excluding carboxylic acids is 4. The molecule has 1 aliphatic carbocycles. The lowest BCUT2D eigenvalue weighted by Crippen LogP contribution is -2.64. The summed E-state index contributed by atoms with van der Waals surface area (Å²) in [5.41, 5.74) is 9.12. The number of hydrogen-bond acceptors (Lipinski definition) is 9. The molecule has 4 amide bonds. The number of carbonyl (C=O) groups is 4. The third-order valence-corrected chi connectivity index (χ3v) is 14.9. The number of amides is 4. The van der Waals surface area contributed by atoms with Crippen molar-refractivity contribution >= 4 is 35.0 Å². The third-order valence-electron chi connectivity index (χ3n) is 14.9. The lowest BCUT2D eigenvalue weighted by atomic mass is 9.69. The number of phenolic OH excluding ortho intramolecular Hbond substituents is 1. The summed E-state index contributed by atoms with van der Waals surface area (Å²) in [5, 5.41) is 12.6. The largest absolute Gasteiger partial charge is 0.508 e. The molecule has 0 bridgehead atoms. The molecule has 0 radical (unpaired) electrons. The van der Waals surface area contributed by atoms with Crippen LogP contribution in [0.2, 0.25) is 0 Å². The van der Waals surface area contributed by atoms with E-state index in [9.17, 15) is 24.3 Å². The molecule has 4 aromatic rings. The van der Waals surface area contributed by atoms with Crippen molar-refractivity contribution in [3.05, 3.63) is 118 Å². The normalized spacial score (nSPS) is 25.5. The molecule has 1 unspecified atom stereocenters. The van der Waals surface area contributed by atoms with E-state index in [2.05, 4.69) is 80.7 Å². The predicted molar refractivity (Wildman–Crippen MR) is 230 cm³/mol. The fourth-order valence-corrected chi connectivity index (χ4v) is 11.7. The van der Waals surface area contributed by atoms with E-state index in [4.69, 9.17) is 4.74 Å². The fourth-order valence-electron chi connectivity index (χ4n) is 11.7. The number of imide groups is 1. The number of nitrogens with one attached hydrogen (secondary N) is 1. The summed E-state index contributed by atoms with van der Waals surface area (Å²) in [6, 6.07) is 29.2. The number of anilines is 2. The molecule has 314 valence electrons. The Hall–Kier alpha value is -5.88. The molecule has 4 atom stereocenters. The number of aromatic hydroxyl groups is 1. The Kier molecular flexibility index (Phi) is 9.32. The van der Waals surface area contributed by atoms with E-state index >= 15 is 0 Å². The van der Waals surface area contributed by atoms with E-state index in [1.165, 1.54) is 27.9 Å². The van der Waals surface area contributed by atoms with Crippen molar-refractivity contribution < 1.29 is 29.0 Å². The predicted octanol–water partition coefficient (Wildman–Crippen LogP) is 5.03. The molecule has 2 N–H and O–H groups in total. The first-order valence-electron chi connectivity index (χ1n) is 22.1. The van der Waals surface area contributed by atoms with Crippen LogP contribution in [0.3, 0.4) is 0 Å². The number of fused-ring (bicyclic) bond motifs is 5. The molecule has 12 heteroatoms. The number of piperidine rings is 2. The van der Waals surface area contributed by atoms with Gasteiger partial charge in [-0.1, -0.05) is 48.5 Å². The van der Waals surface area contributed by atoms with Crippen molar-refractivity contribution in [3.8, 4) is 11.5 Å². The van der Waals surface area contributed by atoms with Gasteiger partial charge in [0.1, 0.15) is 24.1 Å². The fraction of sp³-hybridized carbons (Fsp3) is 0.429. The highest BCUT2D eigenvalue weighted by molar-refractivity contribution is 6.06. The van der Waals surface area contributed by atoms with Crippen LogP contribution in [0.1, 0.15) is 82.1 Å². The second-order valence-corrected chi connectivity index (χ2v) is 18.5. The average Bonchev–Trinajstić information content (AvgIpc) is 3.59. The summed E-state index contributed by atoms with van der Waals surface area (Å²) in [6.45, 7) is 7.04. The standard InChI is InChI=1S/C49H52N6O6/c56-37-11-13-39-33(22-37)8-12-38(31-4-2-1-3-5-31)46(39)32-6-9-35(10-7-32)52-18-16-49(17-19-52)29-51(30-49)27-45(58)53-20-21-54-36(26-53)28-61-43-24-40-34(23-42(43)54)25-55(48(40)60)41-14-15-44(57)50-47(41)59/h1-7,9-11,13,22-24,36,38,41,46,56H,8,12,14-21,25-30H2,(H,50,57,59)/t36-,38+,41?,46-/m0/s1. The van der Waals surface area contributed by atoms with Gasteiger partial charge in [0.2, 0.25) is 17.7 Å². The van der Waals surface area contributed by atoms with Gasteiger partial charge in [0.05, 0.1) is 18.3 Å². The van der Waals surface area contributed by atoms with Crippen LogP contribution in [-0.4, -0.2) is 114 Å². The molecular weight excluding hydrogens is 769 g/mol. The second-order valence-electron chi connectivity index (χ2n) is 18.5. The summed E-state index contributed by atoms with van der Waals surface area (Å²) in [6.07, 6.45) is 4.80. The number of piperazine rings is 1. The van der Waals surface area contributed by atoms with Crippen LogP contribution in [0.4, 0.5) is 11.4 Å². The number of phenols is 1. The minimum Gasteiger partial charge on any atom is -0.508 e. The Morgan fingerprint density at radius 2 is 1.62 bits per heavy atom. The van der Waals surface area contributed by atoms with Crippen LogP contribution in [-0.2, 0) is 27.3 Å². The zero-order chi connectivity index (χ0) is 41.4. The van der Waals surface area contributed by atoms with E-state index in [1.54, 1.807) is 11.0 Å². The summed E-state index contributed by atoms with van der Waals surface area (Å²) in [7, 11) is 0. The lowest BCUT2D eigenvalue weighted by molar-refractivity contribution is -0.138. The molecule has 0 saturated carbocycles. The monoisotopic (exact) mass is 820 g/mol. The van der Waals surface area contributed by atoms with E-state index in [-0.39, 0.29) is 41.5 Å². The van der Waals surface area contributed by atoms with E-state index in [1.807, 2.05) is 23.1 Å². The van der Waals surface area contributed by atoms with E-state index in [0.717, 1.165) is 63.1 Å². The first-order valence-corrected chi connectivity index (χ1v) is 22.1. The maximum atomic E-state index is 13.7. The van der Waals surface area contributed by atoms with Gasteiger partial charge in [0.25, 0.3) is 5.91 Å². The van der Waals surface area contributed by atoms with Crippen LogP contribution in [0.5, 0.6) is 11.5 Å². The number of nitrogens with zero attached hydrogens (tertiary/aromatic N) is 5. The molecule has 4 saturated heterocycles. The highest BCUT2D eigenvalue weighted by Gasteiger charge is 2.47. The number of benzene rings is 4. The minimum atomic E-state index is -0.658. The number of likely N-dealkylation sites (tertiary alicyclic amines) is 1. The van der Waals surface area contributed by atoms with Crippen LogP contribution < -0.4 is 19.9 Å². The summed E-state index contributed by atoms with van der Waals surface area (Å²) in [5.74, 6) is 0.862. The number of hydrogen-bond donors (Lipinski definition) is 2. The average molecular weight is 821 g/mol. The van der Waals surface area contributed by atoms with Crippen molar-refractivity contribution in [1.82, 2.24) is 20.0 Å². The van der Waals surface area contributed by atoms with Crippen molar-refractivity contribution in [2.45, 2.75) is 69.0 Å². The molecule has 6 heterocycles. The minimum absolute atomic E-state index is 0.0194. The molecule has 0 aromatic heterocycles. The molecule has 12 nitrogen and oxygen atoms in total.